The molecule has 4 nitrogen and oxygen atoms in total. The molecule has 0 bridgehead atoms. The smallest absolute Gasteiger partial charge is 0.251 e. The van der Waals surface area contributed by atoms with Gasteiger partial charge in [0.25, 0.3) is 5.91 Å². The highest BCUT2D eigenvalue weighted by molar-refractivity contribution is 5.95. The van der Waals surface area contributed by atoms with Crippen LogP contribution in [0, 0.1) is 17.8 Å². The van der Waals surface area contributed by atoms with Crippen molar-refractivity contribution >= 4 is 17.5 Å². The molecule has 0 aliphatic rings. The summed E-state index contributed by atoms with van der Waals surface area (Å²) in [6, 6.07) is 6.91. The van der Waals surface area contributed by atoms with Gasteiger partial charge in [0.2, 0.25) is 5.91 Å². The molecule has 1 aromatic carbocycles. The lowest BCUT2D eigenvalue weighted by atomic mass is 9.85. The summed E-state index contributed by atoms with van der Waals surface area (Å²) in [7, 11) is 0. The van der Waals surface area contributed by atoms with Gasteiger partial charge >= 0.3 is 0 Å². The van der Waals surface area contributed by atoms with E-state index in [0.717, 1.165) is 0 Å². The zero-order valence-electron chi connectivity index (χ0n) is 13.6. The summed E-state index contributed by atoms with van der Waals surface area (Å²) in [6.07, 6.45) is 0. The molecule has 0 saturated carbocycles. The fourth-order valence-electron chi connectivity index (χ4n) is 2.46. The number of hydrogen-bond acceptors (Lipinski definition) is 2. The average Bonchev–Trinajstić information content (AvgIpc) is 2.38. The molecule has 1 rings (SSSR count). The molecular formula is C17H26N2O2. The van der Waals surface area contributed by atoms with Gasteiger partial charge in [-0.3, -0.25) is 9.59 Å². The van der Waals surface area contributed by atoms with Crippen LogP contribution in [0.5, 0.6) is 0 Å². The minimum absolute atomic E-state index is 0.0734. The number of amides is 2. The molecule has 4 heteroatoms. The van der Waals surface area contributed by atoms with Crippen molar-refractivity contribution in [1.29, 1.82) is 0 Å². The molecular weight excluding hydrogens is 264 g/mol. The van der Waals surface area contributed by atoms with Crippen molar-refractivity contribution < 1.29 is 9.59 Å². The Morgan fingerprint density at radius 3 is 1.95 bits per heavy atom. The van der Waals surface area contributed by atoms with Crippen molar-refractivity contribution in [2.24, 2.45) is 17.8 Å². The van der Waals surface area contributed by atoms with Gasteiger partial charge in [0.05, 0.1) is 0 Å². The molecule has 0 aliphatic carbocycles. The number of hydrogen-bond donors (Lipinski definition) is 2. The first-order chi connectivity index (χ1) is 9.81. The maximum atomic E-state index is 12.1. The Morgan fingerprint density at radius 1 is 1.00 bits per heavy atom. The summed E-state index contributed by atoms with van der Waals surface area (Å²) in [6.45, 7) is 10.9. The molecule has 0 heterocycles. The van der Waals surface area contributed by atoms with Crippen LogP contribution in [0.15, 0.2) is 24.3 Å². The van der Waals surface area contributed by atoms with Gasteiger partial charge in [-0.15, -0.1) is 0 Å². The summed E-state index contributed by atoms with van der Waals surface area (Å²) in [5, 5.41) is 5.68. The SMILES string of the molecule is CC(=O)Nc1ccc(C(=O)NCC(C(C)C)C(C)C)cc1. The topological polar surface area (TPSA) is 58.2 Å². The second kappa shape index (κ2) is 7.81. The van der Waals surface area contributed by atoms with Crippen LogP contribution in [0.4, 0.5) is 5.69 Å². The lowest BCUT2D eigenvalue weighted by Gasteiger charge is -2.25. The molecule has 0 fully saturated rings. The Labute approximate surface area is 127 Å². The van der Waals surface area contributed by atoms with Crippen LogP contribution in [0.25, 0.3) is 0 Å². The van der Waals surface area contributed by atoms with Crippen LogP contribution in [-0.2, 0) is 4.79 Å². The standard InChI is InChI=1S/C17H26N2O2/c1-11(2)16(12(3)4)10-18-17(21)14-6-8-15(9-7-14)19-13(5)20/h6-9,11-12,16H,10H2,1-5H3,(H,18,21)(H,19,20). The van der Waals surface area contributed by atoms with E-state index >= 15 is 0 Å². The number of carbonyl (C=O) groups excluding carboxylic acids is 2. The monoisotopic (exact) mass is 290 g/mol. The van der Waals surface area contributed by atoms with Crippen LogP contribution in [0.2, 0.25) is 0 Å². The molecule has 1 aromatic rings. The highest BCUT2D eigenvalue weighted by Crippen LogP contribution is 2.19. The second-order valence-corrected chi connectivity index (χ2v) is 6.12. The van der Waals surface area contributed by atoms with Gasteiger partial charge in [-0.25, -0.2) is 0 Å². The molecule has 2 N–H and O–H groups in total. The number of rotatable bonds is 6. The number of carbonyl (C=O) groups is 2. The van der Waals surface area contributed by atoms with Gasteiger partial charge in [0.15, 0.2) is 0 Å². The Morgan fingerprint density at radius 2 is 1.52 bits per heavy atom. The maximum Gasteiger partial charge on any atom is 0.251 e. The highest BCUT2D eigenvalue weighted by Gasteiger charge is 2.18. The van der Waals surface area contributed by atoms with Crippen LogP contribution >= 0.6 is 0 Å². The molecule has 0 aromatic heterocycles. The number of benzene rings is 1. The van der Waals surface area contributed by atoms with Crippen molar-refractivity contribution in [1.82, 2.24) is 5.32 Å². The Kier molecular flexibility index (Phi) is 6.40. The van der Waals surface area contributed by atoms with Crippen molar-refractivity contribution in [3.63, 3.8) is 0 Å². The second-order valence-electron chi connectivity index (χ2n) is 6.12. The van der Waals surface area contributed by atoms with E-state index in [2.05, 4.69) is 38.3 Å². The van der Waals surface area contributed by atoms with Crippen molar-refractivity contribution in [2.45, 2.75) is 34.6 Å². The Hall–Kier alpha value is -1.84. The minimum atomic E-state index is -0.121. The number of anilines is 1. The van der Waals surface area contributed by atoms with Gasteiger partial charge < -0.3 is 10.6 Å². The quantitative estimate of drug-likeness (QED) is 0.844. The lowest BCUT2D eigenvalue weighted by Crippen LogP contribution is -2.33. The summed E-state index contributed by atoms with van der Waals surface area (Å²) in [4.78, 5) is 23.1. The van der Waals surface area contributed by atoms with Crippen molar-refractivity contribution in [3.8, 4) is 0 Å². The fraction of sp³-hybridized carbons (Fsp3) is 0.529. The molecule has 0 aliphatic heterocycles. The zero-order valence-corrected chi connectivity index (χ0v) is 13.6. The minimum Gasteiger partial charge on any atom is -0.352 e. The van der Waals surface area contributed by atoms with Gasteiger partial charge in [-0.2, -0.15) is 0 Å². The van der Waals surface area contributed by atoms with E-state index in [9.17, 15) is 9.59 Å². The molecule has 116 valence electrons. The van der Waals surface area contributed by atoms with Crippen LogP contribution in [-0.4, -0.2) is 18.4 Å². The van der Waals surface area contributed by atoms with Crippen molar-refractivity contribution in [3.05, 3.63) is 29.8 Å². The predicted molar refractivity (Wildman–Crippen MR) is 86.2 cm³/mol. The van der Waals surface area contributed by atoms with E-state index in [4.69, 9.17) is 0 Å². The number of nitrogens with one attached hydrogen (secondary N) is 2. The Balaban J connectivity index is 2.61. The van der Waals surface area contributed by atoms with E-state index < -0.39 is 0 Å². The first-order valence-electron chi connectivity index (χ1n) is 7.47. The van der Waals surface area contributed by atoms with Crippen LogP contribution in [0.1, 0.15) is 45.0 Å². The average molecular weight is 290 g/mol. The fourth-order valence-corrected chi connectivity index (χ4v) is 2.46. The highest BCUT2D eigenvalue weighted by atomic mass is 16.2. The molecule has 0 radical (unpaired) electrons. The van der Waals surface area contributed by atoms with Gasteiger partial charge in [0, 0.05) is 24.7 Å². The summed E-state index contributed by atoms with van der Waals surface area (Å²) >= 11 is 0. The summed E-state index contributed by atoms with van der Waals surface area (Å²) < 4.78 is 0. The van der Waals surface area contributed by atoms with E-state index in [-0.39, 0.29) is 11.8 Å². The third-order valence-electron chi connectivity index (χ3n) is 3.68. The predicted octanol–water partition coefficient (Wildman–Crippen LogP) is 3.30. The van der Waals surface area contributed by atoms with Crippen LogP contribution in [0.3, 0.4) is 0 Å². The third kappa shape index (κ3) is 5.58. The van der Waals surface area contributed by atoms with Crippen molar-refractivity contribution in [2.75, 3.05) is 11.9 Å². The third-order valence-corrected chi connectivity index (χ3v) is 3.68. The lowest BCUT2D eigenvalue weighted by molar-refractivity contribution is -0.114. The summed E-state index contributed by atoms with van der Waals surface area (Å²) in [5.74, 6) is 1.34. The van der Waals surface area contributed by atoms with E-state index in [1.165, 1.54) is 6.92 Å². The molecule has 0 saturated heterocycles. The summed E-state index contributed by atoms with van der Waals surface area (Å²) in [5.41, 5.74) is 1.30. The molecule has 21 heavy (non-hydrogen) atoms. The van der Waals surface area contributed by atoms with Gasteiger partial charge in [0.1, 0.15) is 0 Å². The molecule has 0 unspecified atom stereocenters. The first kappa shape index (κ1) is 17.2. The Bertz CT molecular complexity index is 470. The first-order valence-corrected chi connectivity index (χ1v) is 7.47. The molecule has 0 atom stereocenters. The van der Waals surface area contributed by atoms with E-state index in [0.29, 0.717) is 35.5 Å². The van der Waals surface area contributed by atoms with Crippen LogP contribution < -0.4 is 10.6 Å². The van der Waals surface area contributed by atoms with Gasteiger partial charge in [-0.05, 0) is 42.0 Å². The zero-order chi connectivity index (χ0) is 16.0. The maximum absolute atomic E-state index is 12.1. The normalized spacial score (nSPS) is 11.0. The van der Waals surface area contributed by atoms with E-state index in [1.807, 2.05) is 0 Å². The molecule has 2 amide bonds. The largest absolute Gasteiger partial charge is 0.352 e. The van der Waals surface area contributed by atoms with E-state index in [1.54, 1.807) is 24.3 Å². The molecule has 0 spiro atoms. The van der Waals surface area contributed by atoms with Gasteiger partial charge in [-0.1, -0.05) is 27.7 Å².